The molecule has 0 aliphatic heterocycles. The van der Waals surface area contributed by atoms with E-state index in [0.29, 0.717) is 6.61 Å². The minimum absolute atomic E-state index is 0.00757. The molecule has 0 saturated heterocycles. The zero-order valence-electron chi connectivity index (χ0n) is 12.3. The molecule has 0 unspecified atom stereocenters. The molecular weight excluding hydrogens is 264 g/mol. The Kier molecular flexibility index (Phi) is 4.04. The molecule has 0 N–H and O–H groups in total. The Bertz CT molecular complexity index is 619. The summed E-state index contributed by atoms with van der Waals surface area (Å²) in [4.78, 5) is 11.9. The van der Waals surface area contributed by atoms with Gasteiger partial charge in [0, 0.05) is 5.69 Å². The topological polar surface area (TPSA) is 44.1 Å². The van der Waals surface area contributed by atoms with Crippen LogP contribution in [0, 0.1) is 5.92 Å². The van der Waals surface area contributed by atoms with Crippen LogP contribution >= 0.6 is 0 Å². The highest BCUT2D eigenvalue weighted by atomic mass is 16.5. The van der Waals surface area contributed by atoms with Crippen LogP contribution in [0.3, 0.4) is 0 Å². The molecule has 0 spiro atoms. The average molecular weight is 284 g/mol. The Morgan fingerprint density at radius 2 is 2.19 bits per heavy atom. The summed E-state index contributed by atoms with van der Waals surface area (Å²) in [6.45, 7) is 3.10. The molecule has 4 heteroatoms. The number of hydrogen-bond acceptors (Lipinski definition) is 3. The Hall–Kier alpha value is -2.10. The van der Waals surface area contributed by atoms with Crippen molar-refractivity contribution in [1.82, 2.24) is 9.78 Å². The van der Waals surface area contributed by atoms with Crippen LogP contribution in [-0.4, -0.2) is 22.4 Å². The van der Waals surface area contributed by atoms with E-state index in [9.17, 15) is 4.79 Å². The number of nitrogens with zero attached hydrogens (tertiary/aromatic N) is 2. The Balaban J connectivity index is 1.73. The van der Waals surface area contributed by atoms with Crippen LogP contribution in [0.2, 0.25) is 0 Å². The lowest BCUT2D eigenvalue weighted by molar-refractivity contribution is -0.148. The third kappa shape index (κ3) is 2.99. The highest BCUT2D eigenvalue weighted by Crippen LogP contribution is 2.26. The SMILES string of the molecule is CCOC(=O)[C@H]1CCc2c(cnn2Cc2ccccc2)C1. The molecule has 0 saturated carbocycles. The van der Waals surface area contributed by atoms with E-state index in [-0.39, 0.29) is 11.9 Å². The first kappa shape index (κ1) is 13.9. The van der Waals surface area contributed by atoms with Crippen molar-refractivity contribution in [2.45, 2.75) is 32.7 Å². The lowest BCUT2D eigenvalue weighted by atomic mass is 9.88. The third-order valence-electron chi connectivity index (χ3n) is 4.03. The molecule has 1 aromatic carbocycles. The van der Waals surface area contributed by atoms with Crippen molar-refractivity contribution in [3.8, 4) is 0 Å². The van der Waals surface area contributed by atoms with Crippen LogP contribution in [0.25, 0.3) is 0 Å². The van der Waals surface area contributed by atoms with Crippen molar-refractivity contribution in [2.24, 2.45) is 5.92 Å². The maximum atomic E-state index is 11.9. The summed E-state index contributed by atoms with van der Waals surface area (Å²) in [6, 6.07) is 10.3. The van der Waals surface area contributed by atoms with E-state index in [0.717, 1.165) is 25.8 Å². The minimum atomic E-state index is -0.0704. The van der Waals surface area contributed by atoms with Crippen LogP contribution in [0.5, 0.6) is 0 Å². The van der Waals surface area contributed by atoms with Crippen LogP contribution in [0.15, 0.2) is 36.5 Å². The normalized spacial score (nSPS) is 17.3. The first-order chi connectivity index (χ1) is 10.3. The summed E-state index contributed by atoms with van der Waals surface area (Å²) >= 11 is 0. The second kappa shape index (κ2) is 6.12. The summed E-state index contributed by atoms with van der Waals surface area (Å²) in [7, 11) is 0. The van der Waals surface area contributed by atoms with Crippen molar-refractivity contribution in [3.63, 3.8) is 0 Å². The molecule has 1 aliphatic carbocycles. The van der Waals surface area contributed by atoms with Gasteiger partial charge in [-0.3, -0.25) is 9.48 Å². The van der Waals surface area contributed by atoms with Gasteiger partial charge in [0.05, 0.1) is 25.3 Å². The van der Waals surface area contributed by atoms with Gasteiger partial charge in [-0.25, -0.2) is 0 Å². The summed E-state index contributed by atoms with van der Waals surface area (Å²) in [5, 5.41) is 4.50. The van der Waals surface area contributed by atoms with E-state index in [2.05, 4.69) is 21.9 Å². The van der Waals surface area contributed by atoms with Gasteiger partial charge in [-0.15, -0.1) is 0 Å². The highest BCUT2D eigenvalue weighted by molar-refractivity contribution is 5.73. The van der Waals surface area contributed by atoms with Crippen molar-refractivity contribution in [1.29, 1.82) is 0 Å². The van der Waals surface area contributed by atoms with E-state index in [1.165, 1.54) is 16.8 Å². The lowest BCUT2D eigenvalue weighted by Crippen LogP contribution is -2.25. The maximum absolute atomic E-state index is 11.9. The fourth-order valence-electron chi connectivity index (χ4n) is 2.94. The van der Waals surface area contributed by atoms with Crippen molar-refractivity contribution in [3.05, 3.63) is 53.3 Å². The van der Waals surface area contributed by atoms with Gasteiger partial charge in [0.25, 0.3) is 0 Å². The number of benzene rings is 1. The fraction of sp³-hybridized carbons (Fsp3) is 0.412. The number of carbonyl (C=O) groups is 1. The number of aromatic nitrogens is 2. The van der Waals surface area contributed by atoms with Crippen LogP contribution in [0.1, 0.15) is 30.2 Å². The second-order valence-electron chi connectivity index (χ2n) is 5.45. The van der Waals surface area contributed by atoms with Crippen LogP contribution < -0.4 is 0 Å². The Labute approximate surface area is 124 Å². The van der Waals surface area contributed by atoms with E-state index in [1.807, 2.05) is 31.3 Å². The van der Waals surface area contributed by atoms with Crippen molar-refractivity contribution >= 4 is 5.97 Å². The first-order valence-electron chi connectivity index (χ1n) is 7.52. The standard InChI is InChI=1S/C17H20N2O2/c1-2-21-17(20)14-8-9-16-15(10-14)11-18-19(16)12-13-6-4-3-5-7-13/h3-7,11,14H,2,8-10,12H2,1H3/t14-/m0/s1. The van der Waals surface area contributed by atoms with Gasteiger partial charge in [0.15, 0.2) is 0 Å². The molecule has 0 fully saturated rings. The molecule has 1 aromatic heterocycles. The molecule has 21 heavy (non-hydrogen) atoms. The van der Waals surface area contributed by atoms with Gasteiger partial charge in [0.2, 0.25) is 0 Å². The number of ether oxygens (including phenoxy) is 1. The van der Waals surface area contributed by atoms with E-state index >= 15 is 0 Å². The van der Waals surface area contributed by atoms with E-state index in [4.69, 9.17) is 4.74 Å². The molecule has 3 rings (SSSR count). The number of fused-ring (bicyclic) bond motifs is 1. The highest BCUT2D eigenvalue weighted by Gasteiger charge is 2.28. The fourth-order valence-corrected chi connectivity index (χ4v) is 2.94. The predicted molar refractivity (Wildman–Crippen MR) is 79.9 cm³/mol. The molecule has 2 aromatic rings. The summed E-state index contributed by atoms with van der Waals surface area (Å²) in [5.41, 5.74) is 3.70. The number of hydrogen-bond donors (Lipinski definition) is 0. The quantitative estimate of drug-likeness (QED) is 0.811. The first-order valence-corrected chi connectivity index (χ1v) is 7.52. The van der Waals surface area contributed by atoms with Crippen LogP contribution in [0.4, 0.5) is 0 Å². The van der Waals surface area contributed by atoms with Crippen molar-refractivity contribution < 1.29 is 9.53 Å². The second-order valence-corrected chi connectivity index (χ2v) is 5.45. The smallest absolute Gasteiger partial charge is 0.309 e. The van der Waals surface area contributed by atoms with E-state index in [1.54, 1.807) is 0 Å². The van der Waals surface area contributed by atoms with Gasteiger partial charge in [-0.1, -0.05) is 30.3 Å². The molecule has 4 nitrogen and oxygen atoms in total. The molecule has 0 radical (unpaired) electrons. The largest absolute Gasteiger partial charge is 0.466 e. The van der Waals surface area contributed by atoms with Gasteiger partial charge < -0.3 is 4.74 Å². The number of carbonyl (C=O) groups excluding carboxylic acids is 1. The monoisotopic (exact) mass is 284 g/mol. The minimum Gasteiger partial charge on any atom is -0.466 e. The van der Waals surface area contributed by atoms with Gasteiger partial charge in [0.1, 0.15) is 0 Å². The number of rotatable bonds is 4. The maximum Gasteiger partial charge on any atom is 0.309 e. The van der Waals surface area contributed by atoms with Gasteiger partial charge in [-0.05, 0) is 37.3 Å². The zero-order valence-corrected chi connectivity index (χ0v) is 12.3. The molecule has 0 bridgehead atoms. The van der Waals surface area contributed by atoms with Crippen molar-refractivity contribution in [2.75, 3.05) is 6.61 Å². The molecule has 1 heterocycles. The zero-order chi connectivity index (χ0) is 14.7. The summed E-state index contributed by atoms with van der Waals surface area (Å²) in [6.07, 6.45) is 4.41. The number of esters is 1. The summed E-state index contributed by atoms with van der Waals surface area (Å²) < 4.78 is 7.19. The van der Waals surface area contributed by atoms with E-state index < -0.39 is 0 Å². The molecular formula is C17H20N2O2. The van der Waals surface area contributed by atoms with Gasteiger partial charge in [-0.2, -0.15) is 5.10 Å². The third-order valence-corrected chi connectivity index (χ3v) is 4.03. The lowest BCUT2D eigenvalue weighted by Gasteiger charge is -2.21. The Morgan fingerprint density at radius 3 is 2.95 bits per heavy atom. The summed E-state index contributed by atoms with van der Waals surface area (Å²) in [5.74, 6) is -0.0780. The molecule has 1 atom stereocenters. The predicted octanol–water partition coefficient (Wildman–Crippen LogP) is 2.60. The average Bonchev–Trinajstić information content (AvgIpc) is 2.91. The van der Waals surface area contributed by atoms with Gasteiger partial charge >= 0.3 is 5.97 Å². The van der Waals surface area contributed by atoms with Crippen LogP contribution in [-0.2, 0) is 28.9 Å². The Morgan fingerprint density at radius 1 is 1.38 bits per heavy atom. The molecule has 1 aliphatic rings. The molecule has 110 valence electrons. The molecule has 0 amide bonds.